The highest BCUT2D eigenvalue weighted by Crippen LogP contribution is 2.26. The number of nitrogens with zero attached hydrogens (tertiary/aromatic N) is 1. The highest BCUT2D eigenvalue weighted by atomic mass is 15.2. The molecule has 1 saturated carbocycles. The molecule has 2 rings (SSSR count). The van der Waals surface area contributed by atoms with Crippen molar-refractivity contribution in [2.45, 2.75) is 71.0 Å². The monoisotopic (exact) mass is 224 g/mol. The summed E-state index contributed by atoms with van der Waals surface area (Å²) < 4.78 is 0. The minimum atomic E-state index is 0.671. The predicted molar refractivity (Wildman–Crippen MR) is 69.7 cm³/mol. The van der Waals surface area contributed by atoms with Gasteiger partial charge in [-0.15, -0.1) is 0 Å². The largest absolute Gasteiger partial charge is 0.309 e. The standard InChI is InChI=1S/C14H28N2/c1-11-5-4-6-14(8-7-11)16-9-12(2)15-13(3)10-16/h11-15H,4-10H2,1-3H3. The molecule has 0 aromatic rings. The summed E-state index contributed by atoms with van der Waals surface area (Å²) in [6.07, 6.45) is 7.20. The molecule has 2 aliphatic rings. The Morgan fingerprint density at radius 1 is 0.875 bits per heavy atom. The van der Waals surface area contributed by atoms with Gasteiger partial charge in [0, 0.05) is 31.2 Å². The molecule has 0 spiro atoms. The van der Waals surface area contributed by atoms with Crippen molar-refractivity contribution in [1.29, 1.82) is 0 Å². The second kappa shape index (κ2) is 5.50. The van der Waals surface area contributed by atoms with Gasteiger partial charge in [0.05, 0.1) is 0 Å². The summed E-state index contributed by atoms with van der Waals surface area (Å²) in [7, 11) is 0. The fraction of sp³-hybridized carbons (Fsp3) is 1.00. The van der Waals surface area contributed by atoms with Gasteiger partial charge in [-0.1, -0.05) is 19.8 Å². The molecule has 94 valence electrons. The van der Waals surface area contributed by atoms with Crippen LogP contribution in [0.25, 0.3) is 0 Å². The molecule has 4 atom stereocenters. The first kappa shape index (κ1) is 12.4. The van der Waals surface area contributed by atoms with Gasteiger partial charge in [-0.3, -0.25) is 4.90 Å². The van der Waals surface area contributed by atoms with Crippen LogP contribution in [0.2, 0.25) is 0 Å². The highest BCUT2D eigenvalue weighted by Gasteiger charge is 2.28. The Labute approximate surface area is 101 Å². The lowest BCUT2D eigenvalue weighted by Gasteiger charge is -2.40. The highest BCUT2D eigenvalue weighted by molar-refractivity contribution is 4.86. The van der Waals surface area contributed by atoms with Crippen LogP contribution >= 0.6 is 0 Å². The summed E-state index contributed by atoms with van der Waals surface area (Å²) in [5.74, 6) is 0.961. The molecule has 0 aromatic carbocycles. The summed E-state index contributed by atoms with van der Waals surface area (Å²) in [5.41, 5.74) is 0. The smallest absolute Gasteiger partial charge is 0.0169 e. The fourth-order valence-electron chi connectivity index (χ4n) is 3.50. The molecule has 16 heavy (non-hydrogen) atoms. The molecule has 0 bridgehead atoms. The SMILES string of the molecule is CC1CCCC(N2CC(C)NC(C)C2)CC1. The van der Waals surface area contributed by atoms with Crippen molar-refractivity contribution in [3.8, 4) is 0 Å². The Hall–Kier alpha value is -0.0800. The lowest BCUT2D eigenvalue weighted by atomic mass is 10.0. The van der Waals surface area contributed by atoms with Crippen molar-refractivity contribution in [3.63, 3.8) is 0 Å². The lowest BCUT2D eigenvalue weighted by Crippen LogP contribution is -2.56. The van der Waals surface area contributed by atoms with Crippen LogP contribution < -0.4 is 5.32 Å². The molecule has 4 unspecified atom stereocenters. The average molecular weight is 224 g/mol. The Morgan fingerprint density at radius 3 is 2.25 bits per heavy atom. The minimum absolute atomic E-state index is 0.671. The van der Waals surface area contributed by atoms with E-state index in [2.05, 4.69) is 31.0 Å². The number of piperazine rings is 1. The Bertz CT molecular complexity index is 207. The van der Waals surface area contributed by atoms with Crippen molar-refractivity contribution >= 4 is 0 Å². The quantitative estimate of drug-likeness (QED) is 0.689. The van der Waals surface area contributed by atoms with Gasteiger partial charge < -0.3 is 5.32 Å². The molecule has 1 aliphatic heterocycles. The van der Waals surface area contributed by atoms with Crippen LogP contribution in [0.15, 0.2) is 0 Å². The van der Waals surface area contributed by atoms with E-state index in [4.69, 9.17) is 0 Å². The van der Waals surface area contributed by atoms with Crippen LogP contribution in [0.5, 0.6) is 0 Å². The molecule has 0 radical (unpaired) electrons. The van der Waals surface area contributed by atoms with Crippen molar-refractivity contribution in [2.24, 2.45) is 5.92 Å². The van der Waals surface area contributed by atoms with E-state index in [1.54, 1.807) is 0 Å². The maximum atomic E-state index is 3.63. The van der Waals surface area contributed by atoms with Gasteiger partial charge in [0.2, 0.25) is 0 Å². The van der Waals surface area contributed by atoms with Gasteiger partial charge in [-0.05, 0) is 39.0 Å². The first-order valence-corrected chi connectivity index (χ1v) is 7.15. The third kappa shape index (κ3) is 3.21. The summed E-state index contributed by atoms with van der Waals surface area (Å²) in [6, 6.07) is 2.21. The van der Waals surface area contributed by atoms with E-state index in [0.29, 0.717) is 12.1 Å². The number of hydrogen-bond donors (Lipinski definition) is 1. The van der Waals surface area contributed by atoms with Crippen molar-refractivity contribution < 1.29 is 0 Å². The number of nitrogens with one attached hydrogen (secondary N) is 1. The van der Waals surface area contributed by atoms with Crippen LogP contribution in [-0.4, -0.2) is 36.1 Å². The molecule has 1 N–H and O–H groups in total. The lowest BCUT2D eigenvalue weighted by molar-refractivity contribution is 0.112. The first-order chi connectivity index (χ1) is 7.65. The van der Waals surface area contributed by atoms with Gasteiger partial charge in [-0.2, -0.15) is 0 Å². The van der Waals surface area contributed by atoms with Crippen LogP contribution in [0.4, 0.5) is 0 Å². The van der Waals surface area contributed by atoms with Crippen LogP contribution in [0.1, 0.15) is 52.9 Å². The zero-order valence-corrected chi connectivity index (χ0v) is 11.2. The average Bonchev–Trinajstić information content (AvgIpc) is 2.41. The molecule has 0 amide bonds. The third-order valence-corrected chi connectivity index (χ3v) is 4.33. The van der Waals surface area contributed by atoms with Gasteiger partial charge in [0.1, 0.15) is 0 Å². The minimum Gasteiger partial charge on any atom is -0.309 e. The van der Waals surface area contributed by atoms with Gasteiger partial charge in [0.25, 0.3) is 0 Å². The summed E-state index contributed by atoms with van der Waals surface area (Å²) >= 11 is 0. The normalized spacial score (nSPS) is 42.9. The molecule has 1 saturated heterocycles. The predicted octanol–water partition coefficient (Wildman–Crippen LogP) is 2.64. The maximum absolute atomic E-state index is 3.63. The van der Waals surface area contributed by atoms with Gasteiger partial charge >= 0.3 is 0 Å². The Kier molecular flexibility index (Phi) is 4.26. The maximum Gasteiger partial charge on any atom is 0.0169 e. The Balaban J connectivity index is 1.90. The van der Waals surface area contributed by atoms with E-state index < -0.39 is 0 Å². The topological polar surface area (TPSA) is 15.3 Å². The zero-order chi connectivity index (χ0) is 11.5. The zero-order valence-electron chi connectivity index (χ0n) is 11.2. The molecule has 0 aromatic heterocycles. The second-order valence-electron chi connectivity index (χ2n) is 6.19. The third-order valence-electron chi connectivity index (χ3n) is 4.33. The van der Waals surface area contributed by atoms with E-state index in [1.807, 2.05) is 0 Å². The molecular weight excluding hydrogens is 196 g/mol. The number of rotatable bonds is 1. The molecule has 1 heterocycles. The number of hydrogen-bond acceptors (Lipinski definition) is 2. The van der Waals surface area contributed by atoms with Crippen LogP contribution in [0, 0.1) is 5.92 Å². The summed E-state index contributed by atoms with van der Waals surface area (Å²) in [6.45, 7) is 9.57. The van der Waals surface area contributed by atoms with Crippen LogP contribution in [0.3, 0.4) is 0 Å². The molecular formula is C14H28N2. The molecule has 2 heteroatoms. The Morgan fingerprint density at radius 2 is 1.56 bits per heavy atom. The van der Waals surface area contributed by atoms with Crippen molar-refractivity contribution in [1.82, 2.24) is 10.2 Å². The summed E-state index contributed by atoms with van der Waals surface area (Å²) in [4.78, 5) is 2.75. The van der Waals surface area contributed by atoms with E-state index in [9.17, 15) is 0 Å². The second-order valence-corrected chi connectivity index (χ2v) is 6.19. The van der Waals surface area contributed by atoms with Crippen molar-refractivity contribution in [2.75, 3.05) is 13.1 Å². The van der Waals surface area contributed by atoms with E-state index >= 15 is 0 Å². The van der Waals surface area contributed by atoms with E-state index in [1.165, 1.54) is 45.2 Å². The summed E-state index contributed by atoms with van der Waals surface area (Å²) in [5, 5.41) is 3.63. The van der Waals surface area contributed by atoms with E-state index in [0.717, 1.165) is 12.0 Å². The van der Waals surface area contributed by atoms with Crippen molar-refractivity contribution in [3.05, 3.63) is 0 Å². The van der Waals surface area contributed by atoms with Gasteiger partial charge in [-0.25, -0.2) is 0 Å². The van der Waals surface area contributed by atoms with E-state index in [-0.39, 0.29) is 0 Å². The molecule has 1 aliphatic carbocycles. The van der Waals surface area contributed by atoms with Gasteiger partial charge in [0.15, 0.2) is 0 Å². The first-order valence-electron chi connectivity index (χ1n) is 7.15. The molecule has 2 nitrogen and oxygen atoms in total. The molecule has 2 fully saturated rings. The fourth-order valence-corrected chi connectivity index (χ4v) is 3.50. The van der Waals surface area contributed by atoms with Crippen LogP contribution in [-0.2, 0) is 0 Å².